The van der Waals surface area contributed by atoms with Gasteiger partial charge in [0.2, 0.25) is 0 Å². The Morgan fingerprint density at radius 1 is 0.810 bits per heavy atom. The van der Waals surface area contributed by atoms with Crippen LogP contribution < -0.4 is 10.1 Å². The van der Waals surface area contributed by atoms with Crippen LogP contribution in [0, 0.1) is 0 Å². The molecule has 1 heterocycles. The Balaban J connectivity index is 1.66. The maximum atomic E-state index is 5.82. The summed E-state index contributed by atoms with van der Waals surface area (Å²) in [5, 5.41) is 3.34. The molecule has 0 amide bonds. The molecule has 0 unspecified atom stereocenters. The fraction of sp³-hybridized carbons (Fsp3) is 0.0556. The highest BCUT2D eigenvalue weighted by molar-refractivity contribution is 5.49. The fourth-order valence-electron chi connectivity index (χ4n) is 1.99. The molecule has 1 aromatic heterocycles. The van der Waals surface area contributed by atoms with Crippen LogP contribution in [0.1, 0.15) is 5.69 Å². The van der Waals surface area contributed by atoms with Crippen LogP contribution in [0.25, 0.3) is 0 Å². The monoisotopic (exact) mass is 276 g/mol. The molecule has 104 valence electrons. The number of nitrogens with zero attached hydrogens (tertiary/aromatic N) is 1. The van der Waals surface area contributed by atoms with Crippen molar-refractivity contribution < 1.29 is 4.74 Å². The predicted molar refractivity (Wildman–Crippen MR) is 84.5 cm³/mol. The molecular weight excluding hydrogens is 260 g/mol. The Labute approximate surface area is 124 Å². The summed E-state index contributed by atoms with van der Waals surface area (Å²) in [4.78, 5) is 4.29. The first-order chi connectivity index (χ1) is 10.4. The average Bonchev–Trinajstić information content (AvgIpc) is 2.55. The minimum absolute atomic E-state index is 0.690. The summed E-state index contributed by atoms with van der Waals surface area (Å²) in [7, 11) is 0. The van der Waals surface area contributed by atoms with Gasteiger partial charge in [-0.05, 0) is 36.4 Å². The van der Waals surface area contributed by atoms with Gasteiger partial charge in [-0.25, -0.2) is 0 Å². The van der Waals surface area contributed by atoms with Gasteiger partial charge in [-0.1, -0.05) is 30.3 Å². The lowest BCUT2D eigenvalue weighted by Gasteiger charge is -2.09. The first-order valence-corrected chi connectivity index (χ1v) is 6.87. The van der Waals surface area contributed by atoms with Crippen molar-refractivity contribution in [2.45, 2.75) is 6.54 Å². The molecule has 2 aromatic carbocycles. The Bertz CT molecular complexity index is 684. The smallest absolute Gasteiger partial charge is 0.129 e. The lowest BCUT2D eigenvalue weighted by Crippen LogP contribution is -2.01. The van der Waals surface area contributed by atoms with Crippen molar-refractivity contribution in [2.24, 2.45) is 0 Å². The Morgan fingerprint density at radius 3 is 2.43 bits per heavy atom. The lowest BCUT2D eigenvalue weighted by molar-refractivity contribution is 0.483. The maximum absolute atomic E-state index is 5.82. The van der Waals surface area contributed by atoms with Crippen LogP contribution in [-0.2, 0) is 6.54 Å². The molecule has 3 rings (SSSR count). The highest BCUT2D eigenvalue weighted by Crippen LogP contribution is 2.23. The van der Waals surface area contributed by atoms with E-state index in [0.29, 0.717) is 6.54 Å². The van der Waals surface area contributed by atoms with Crippen LogP contribution in [0.15, 0.2) is 79.0 Å². The van der Waals surface area contributed by atoms with Crippen molar-refractivity contribution in [2.75, 3.05) is 5.32 Å². The number of ether oxygens (including phenoxy) is 1. The van der Waals surface area contributed by atoms with E-state index in [1.807, 2.05) is 72.8 Å². The van der Waals surface area contributed by atoms with E-state index in [1.54, 1.807) is 6.20 Å². The number of para-hydroxylation sites is 1. The van der Waals surface area contributed by atoms with Crippen molar-refractivity contribution in [1.29, 1.82) is 0 Å². The van der Waals surface area contributed by atoms with Gasteiger partial charge in [0.05, 0.1) is 12.2 Å². The van der Waals surface area contributed by atoms with Crippen molar-refractivity contribution in [3.05, 3.63) is 84.7 Å². The number of benzene rings is 2. The minimum Gasteiger partial charge on any atom is -0.457 e. The van der Waals surface area contributed by atoms with E-state index in [0.717, 1.165) is 22.9 Å². The Morgan fingerprint density at radius 2 is 1.62 bits per heavy atom. The summed E-state index contributed by atoms with van der Waals surface area (Å²) in [6, 6.07) is 23.6. The molecule has 3 nitrogen and oxygen atoms in total. The van der Waals surface area contributed by atoms with Gasteiger partial charge in [0.15, 0.2) is 0 Å². The molecule has 0 saturated carbocycles. The second-order valence-electron chi connectivity index (χ2n) is 4.62. The molecule has 0 radical (unpaired) electrons. The Kier molecular flexibility index (Phi) is 4.12. The van der Waals surface area contributed by atoms with Gasteiger partial charge < -0.3 is 10.1 Å². The van der Waals surface area contributed by atoms with E-state index >= 15 is 0 Å². The molecule has 0 fully saturated rings. The van der Waals surface area contributed by atoms with Gasteiger partial charge in [-0.15, -0.1) is 0 Å². The molecule has 0 saturated heterocycles. The van der Waals surface area contributed by atoms with Crippen LogP contribution in [0.4, 0.5) is 5.69 Å². The predicted octanol–water partition coefficient (Wildman–Crippen LogP) is 4.49. The summed E-state index contributed by atoms with van der Waals surface area (Å²) in [5.41, 5.74) is 2.01. The highest BCUT2D eigenvalue weighted by Gasteiger charge is 1.99. The number of hydrogen-bond acceptors (Lipinski definition) is 3. The van der Waals surface area contributed by atoms with Gasteiger partial charge >= 0.3 is 0 Å². The second kappa shape index (κ2) is 6.57. The van der Waals surface area contributed by atoms with E-state index in [9.17, 15) is 0 Å². The lowest BCUT2D eigenvalue weighted by atomic mass is 10.2. The van der Waals surface area contributed by atoms with Crippen molar-refractivity contribution in [1.82, 2.24) is 4.98 Å². The first kappa shape index (κ1) is 13.2. The zero-order chi connectivity index (χ0) is 14.3. The molecule has 21 heavy (non-hydrogen) atoms. The summed E-state index contributed by atoms with van der Waals surface area (Å²) in [6.45, 7) is 0.690. The van der Waals surface area contributed by atoms with E-state index in [1.165, 1.54) is 0 Å². The quantitative estimate of drug-likeness (QED) is 0.745. The number of rotatable bonds is 5. The largest absolute Gasteiger partial charge is 0.457 e. The summed E-state index contributed by atoms with van der Waals surface area (Å²) in [5.74, 6) is 1.64. The molecule has 0 aliphatic carbocycles. The van der Waals surface area contributed by atoms with Crippen molar-refractivity contribution in [3.8, 4) is 11.5 Å². The van der Waals surface area contributed by atoms with E-state index in [-0.39, 0.29) is 0 Å². The molecule has 0 aliphatic heterocycles. The normalized spacial score (nSPS) is 10.1. The van der Waals surface area contributed by atoms with E-state index in [4.69, 9.17) is 4.74 Å². The summed E-state index contributed by atoms with van der Waals surface area (Å²) in [6.07, 6.45) is 1.80. The topological polar surface area (TPSA) is 34.1 Å². The number of hydrogen-bond donors (Lipinski definition) is 1. The molecule has 0 bridgehead atoms. The van der Waals surface area contributed by atoms with E-state index < -0.39 is 0 Å². The number of aromatic nitrogens is 1. The first-order valence-electron chi connectivity index (χ1n) is 6.87. The molecule has 3 heteroatoms. The van der Waals surface area contributed by atoms with Crippen LogP contribution >= 0.6 is 0 Å². The standard InChI is InChI=1S/C18H16N2O/c1-2-9-17(10-3-1)21-18-11-6-8-15(13-18)20-14-16-7-4-5-12-19-16/h1-13,20H,14H2. The minimum atomic E-state index is 0.690. The number of anilines is 1. The molecule has 1 N–H and O–H groups in total. The van der Waals surface area contributed by atoms with Gasteiger partial charge in [-0.3, -0.25) is 4.98 Å². The van der Waals surface area contributed by atoms with Crippen LogP contribution in [0.3, 0.4) is 0 Å². The molecule has 0 spiro atoms. The van der Waals surface area contributed by atoms with Crippen LogP contribution in [-0.4, -0.2) is 4.98 Å². The summed E-state index contributed by atoms with van der Waals surface area (Å²) < 4.78 is 5.82. The van der Waals surface area contributed by atoms with E-state index in [2.05, 4.69) is 10.3 Å². The zero-order valence-electron chi connectivity index (χ0n) is 11.6. The van der Waals surface area contributed by atoms with Gasteiger partial charge in [0.25, 0.3) is 0 Å². The third-order valence-electron chi connectivity index (χ3n) is 3.01. The number of pyridine rings is 1. The molecular formula is C18H16N2O. The SMILES string of the molecule is c1ccc(Oc2cccc(NCc3ccccn3)c2)cc1. The van der Waals surface area contributed by atoms with Gasteiger partial charge in [-0.2, -0.15) is 0 Å². The summed E-state index contributed by atoms with van der Waals surface area (Å²) >= 11 is 0. The Hall–Kier alpha value is -2.81. The number of nitrogens with one attached hydrogen (secondary N) is 1. The third-order valence-corrected chi connectivity index (χ3v) is 3.01. The molecule has 3 aromatic rings. The highest BCUT2D eigenvalue weighted by atomic mass is 16.5. The van der Waals surface area contributed by atoms with Crippen LogP contribution in [0.2, 0.25) is 0 Å². The third kappa shape index (κ3) is 3.83. The van der Waals surface area contributed by atoms with Crippen molar-refractivity contribution in [3.63, 3.8) is 0 Å². The zero-order valence-corrected chi connectivity index (χ0v) is 11.6. The van der Waals surface area contributed by atoms with Gasteiger partial charge in [0, 0.05) is 18.0 Å². The van der Waals surface area contributed by atoms with Gasteiger partial charge in [0.1, 0.15) is 11.5 Å². The molecule has 0 aliphatic rings. The second-order valence-corrected chi connectivity index (χ2v) is 4.62. The van der Waals surface area contributed by atoms with Crippen LogP contribution in [0.5, 0.6) is 11.5 Å². The maximum Gasteiger partial charge on any atom is 0.129 e. The fourth-order valence-corrected chi connectivity index (χ4v) is 1.99. The van der Waals surface area contributed by atoms with Crippen molar-refractivity contribution >= 4 is 5.69 Å². The average molecular weight is 276 g/mol. The molecule has 0 atom stereocenters.